The van der Waals surface area contributed by atoms with Gasteiger partial charge in [-0.2, -0.15) is 0 Å². The maximum Gasteiger partial charge on any atom is 0.336 e. The molecule has 10 nitrogen and oxygen atoms in total. The van der Waals surface area contributed by atoms with Crippen LogP contribution in [0.25, 0.3) is 10.4 Å². The fraction of sp³-hybridized carbons (Fsp3) is 0.450. The van der Waals surface area contributed by atoms with E-state index in [1.165, 1.54) is 7.11 Å². The van der Waals surface area contributed by atoms with E-state index in [4.69, 9.17) is 37.1 Å². The van der Waals surface area contributed by atoms with Crippen molar-refractivity contribution in [3.8, 4) is 0 Å². The average Bonchev–Trinajstić information content (AvgIpc) is 2.76. The molecule has 3 atom stereocenters. The van der Waals surface area contributed by atoms with E-state index < -0.39 is 30.0 Å². The highest BCUT2D eigenvalue weighted by Gasteiger charge is 2.45. The van der Waals surface area contributed by atoms with Crippen molar-refractivity contribution < 1.29 is 23.8 Å². The Labute approximate surface area is 184 Å². The monoisotopic (exact) mass is 449 g/mol. The van der Waals surface area contributed by atoms with Gasteiger partial charge in [0.05, 0.1) is 31.6 Å². The number of carbonyl (C=O) groups excluding carboxylic acids is 2. The van der Waals surface area contributed by atoms with Crippen LogP contribution in [0.1, 0.15) is 25.3 Å². The summed E-state index contributed by atoms with van der Waals surface area (Å²) in [6.45, 7) is 3.54. The van der Waals surface area contributed by atoms with Gasteiger partial charge >= 0.3 is 11.9 Å². The molecule has 3 unspecified atom stereocenters. The standard InChI is InChI=1S/C20H24ClN5O5/c1-4-30-20(28)16-15(12-7-5-6-8-13(12)21)14(19(27)29-3)11(2)24-17(16)18(25-26-23)31-10-9-22/h5-8,14-15,18H,4,9-10,22H2,1-3H3. The molecule has 0 aliphatic carbocycles. The Kier molecular flexibility index (Phi) is 9.02. The molecule has 166 valence electrons. The minimum atomic E-state index is -1.26. The Morgan fingerprint density at radius 1 is 1.39 bits per heavy atom. The van der Waals surface area contributed by atoms with Crippen molar-refractivity contribution in [3.05, 3.63) is 56.6 Å². The zero-order chi connectivity index (χ0) is 23.0. The molecule has 2 N–H and O–H groups in total. The quantitative estimate of drug-likeness (QED) is 0.265. The summed E-state index contributed by atoms with van der Waals surface area (Å²) in [7, 11) is 1.25. The summed E-state index contributed by atoms with van der Waals surface area (Å²) in [5, 5.41) is 3.97. The zero-order valence-corrected chi connectivity index (χ0v) is 18.2. The van der Waals surface area contributed by atoms with Crippen LogP contribution < -0.4 is 5.73 Å². The summed E-state index contributed by atoms with van der Waals surface area (Å²) in [6, 6.07) is 6.80. The van der Waals surface area contributed by atoms with Crippen molar-refractivity contribution in [3.63, 3.8) is 0 Å². The number of carbonyl (C=O) groups is 2. The first-order valence-electron chi connectivity index (χ1n) is 9.55. The molecule has 0 fully saturated rings. The van der Waals surface area contributed by atoms with Crippen molar-refractivity contribution in [2.45, 2.75) is 26.0 Å². The average molecular weight is 450 g/mol. The lowest BCUT2D eigenvalue weighted by molar-refractivity contribution is -0.144. The smallest absolute Gasteiger partial charge is 0.336 e. The molecule has 0 amide bonds. The Hall–Kier alpha value is -2.91. The van der Waals surface area contributed by atoms with Crippen molar-refractivity contribution in [1.29, 1.82) is 0 Å². The number of halogens is 1. The van der Waals surface area contributed by atoms with Crippen molar-refractivity contribution in [1.82, 2.24) is 0 Å². The fourth-order valence-electron chi connectivity index (χ4n) is 3.41. The van der Waals surface area contributed by atoms with E-state index in [1.54, 1.807) is 38.1 Å². The lowest BCUT2D eigenvalue weighted by Crippen LogP contribution is -2.38. The molecule has 1 aliphatic rings. The molecule has 1 heterocycles. The summed E-state index contributed by atoms with van der Waals surface area (Å²) in [4.78, 5) is 33.0. The summed E-state index contributed by atoms with van der Waals surface area (Å²) in [5.74, 6) is -3.18. The van der Waals surface area contributed by atoms with Gasteiger partial charge in [-0.1, -0.05) is 34.9 Å². The molecule has 2 rings (SSSR count). The maximum absolute atomic E-state index is 13.1. The van der Waals surface area contributed by atoms with Crippen LogP contribution in [-0.2, 0) is 23.8 Å². The largest absolute Gasteiger partial charge is 0.468 e. The summed E-state index contributed by atoms with van der Waals surface area (Å²) in [5.41, 5.74) is 15.4. The van der Waals surface area contributed by atoms with Gasteiger partial charge in [-0.15, -0.1) is 0 Å². The number of hydrogen-bond donors (Lipinski definition) is 1. The minimum absolute atomic E-state index is 0.00497. The van der Waals surface area contributed by atoms with E-state index in [0.717, 1.165) is 0 Å². The van der Waals surface area contributed by atoms with Crippen LogP contribution in [0.5, 0.6) is 0 Å². The van der Waals surface area contributed by atoms with Gasteiger partial charge in [-0.3, -0.25) is 9.79 Å². The van der Waals surface area contributed by atoms with Crippen LogP contribution in [0.15, 0.2) is 45.6 Å². The number of methoxy groups -OCH3 is 1. The molecule has 11 heteroatoms. The predicted molar refractivity (Wildman–Crippen MR) is 114 cm³/mol. The van der Waals surface area contributed by atoms with Crippen molar-refractivity contribution in [2.24, 2.45) is 21.8 Å². The number of esters is 2. The summed E-state index contributed by atoms with van der Waals surface area (Å²) < 4.78 is 15.8. The topological polar surface area (TPSA) is 149 Å². The van der Waals surface area contributed by atoms with Crippen LogP contribution in [0.3, 0.4) is 0 Å². The highest BCUT2D eigenvalue weighted by molar-refractivity contribution is 6.31. The Morgan fingerprint density at radius 3 is 2.68 bits per heavy atom. The number of nitrogens with two attached hydrogens (primary N) is 1. The zero-order valence-electron chi connectivity index (χ0n) is 17.4. The number of nitrogens with zero attached hydrogens (tertiary/aromatic N) is 4. The molecule has 1 aliphatic heterocycles. The molecule has 0 radical (unpaired) electrons. The first-order chi connectivity index (χ1) is 14.9. The Morgan fingerprint density at radius 2 is 2.10 bits per heavy atom. The molecule has 0 bridgehead atoms. The molecule has 1 aromatic rings. The van der Waals surface area contributed by atoms with Crippen LogP contribution in [0, 0.1) is 5.92 Å². The molecule has 1 aromatic carbocycles. The van der Waals surface area contributed by atoms with E-state index in [2.05, 4.69) is 15.0 Å². The lowest BCUT2D eigenvalue weighted by atomic mass is 9.75. The van der Waals surface area contributed by atoms with E-state index >= 15 is 0 Å². The van der Waals surface area contributed by atoms with Gasteiger partial charge in [-0.05, 0) is 31.0 Å². The highest BCUT2D eigenvalue weighted by atomic mass is 35.5. The van der Waals surface area contributed by atoms with Gasteiger partial charge in [0.25, 0.3) is 0 Å². The molecule has 0 spiro atoms. The third kappa shape index (κ3) is 5.42. The van der Waals surface area contributed by atoms with E-state index in [0.29, 0.717) is 16.3 Å². The second-order valence-corrected chi connectivity index (χ2v) is 6.90. The Bertz CT molecular complexity index is 942. The van der Waals surface area contributed by atoms with Crippen LogP contribution in [0.4, 0.5) is 0 Å². The van der Waals surface area contributed by atoms with E-state index in [9.17, 15) is 9.59 Å². The lowest BCUT2D eigenvalue weighted by Gasteiger charge is -2.33. The van der Waals surface area contributed by atoms with Crippen molar-refractivity contribution >= 4 is 29.3 Å². The van der Waals surface area contributed by atoms with Crippen LogP contribution in [-0.4, -0.2) is 50.7 Å². The molecule has 31 heavy (non-hydrogen) atoms. The van der Waals surface area contributed by atoms with Gasteiger partial charge in [0.2, 0.25) is 0 Å². The van der Waals surface area contributed by atoms with Gasteiger partial charge in [-0.25, -0.2) is 4.79 Å². The number of rotatable bonds is 9. The number of ether oxygens (including phenoxy) is 3. The van der Waals surface area contributed by atoms with Gasteiger partial charge in [0.1, 0.15) is 5.92 Å². The number of hydrogen-bond acceptors (Lipinski definition) is 8. The van der Waals surface area contributed by atoms with E-state index in [-0.39, 0.29) is 31.0 Å². The van der Waals surface area contributed by atoms with Gasteiger partial charge < -0.3 is 19.9 Å². The number of azide groups is 1. The first kappa shape index (κ1) is 24.4. The molecule has 0 saturated heterocycles. The minimum Gasteiger partial charge on any atom is -0.468 e. The highest BCUT2D eigenvalue weighted by Crippen LogP contribution is 2.43. The molecule has 0 saturated carbocycles. The SMILES string of the molecule is CCOC(=O)C1=C(C(N=[N+]=[N-])OCCN)N=C(C)C(C(=O)OC)C1c1ccccc1Cl. The Balaban J connectivity index is 2.85. The predicted octanol–water partition coefficient (Wildman–Crippen LogP) is 3.12. The normalized spacial score (nSPS) is 19.2. The number of benzene rings is 1. The third-order valence-electron chi connectivity index (χ3n) is 4.64. The van der Waals surface area contributed by atoms with Gasteiger partial charge in [0.15, 0.2) is 6.23 Å². The molecule has 0 aromatic heterocycles. The maximum atomic E-state index is 13.1. The molecular formula is C20H24ClN5O5. The van der Waals surface area contributed by atoms with E-state index in [1.807, 2.05) is 0 Å². The van der Waals surface area contributed by atoms with Gasteiger partial charge in [0, 0.05) is 28.1 Å². The summed E-state index contributed by atoms with van der Waals surface area (Å²) >= 11 is 6.44. The second-order valence-electron chi connectivity index (χ2n) is 6.49. The van der Waals surface area contributed by atoms with Crippen LogP contribution >= 0.6 is 11.6 Å². The van der Waals surface area contributed by atoms with Crippen LogP contribution in [0.2, 0.25) is 5.02 Å². The molecular weight excluding hydrogens is 426 g/mol. The third-order valence-corrected chi connectivity index (χ3v) is 4.99. The fourth-order valence-corrected chi connectivity index (χ4v) is 3.66. The van der Waals surface area contributed by atoms with Crippen molar-refractivity contribution in [2.75, 3.05) is 26.9 Å². The summed E-state index contributed by atoms with van der Waals surface area (Å²) in [6.07, 6.45) is -1.26. The first-order valence-corrected chi connectivity index (χ1v) is 9.93. The second kappa shape index (κ2) is 11.5. The number of aliphatic imine (C=N–C) groups is 1.